The number of thioether (sulfide) groups is 1. The van der Waals surface area contributed by atoms with E-state index in [2.05, 4.69) is 61.6 Å². The molecule has 2 nitrogen and oxygen atoms in total. The normalized spacial score (nSPS) is 14.3. The van der Waals surface area contributed by atoms with Gasteiger partial charge < -0.3 is 10.4 Å². The molecular weight excluding hydrogens is 266 g/mol. The summed E-state index contributed by atoms with van der Waals surface area (Å²) in [5.74, 6) is 0.976. The first-order chi connectivity index (χ1) is 9.76. The molecule has 0 radical (unpaired) electrons. The molecule has 2 unspecified atom stereocenters. The van der Waals surface area contributed by atoms with Crippen LogP contribution in [0.1, 0.15) is 25.5 Å². The fourth-order valence-electron chi connectivity index (χ4n) is 2.37. The van der Waals surface area contributed by atoms with Gasteiger partial charge in [0.05, 0.1) is 6.61 Å². The zero-order valence-corrected chi connectivity index (χ0v) is 13.0. The van der Waals surface area contributed by atoms with E-state index in [0.29, 0.717) is 6.04 Å². The number of fused-ring (bicyclic) bond motifs is 1. The highest BCUT2D eigenvalue weighted by Gasteiger charge is 2.14. The Balaban J connectivity index is 2.26. The minimum Gasteiger partial charge on any atom is -0.395 e. The molecule has 108 valence electrons. The van der Waals surface area contributed by atoms with Gasteiger partial charge in [-0.2, -0.15) is 11.8 Å². The summed E-state index contributed by atoms with van der Waals surface area (Å²) in [4.78, 5) is 0. The van der Waals surface area contributed by atoms with Gasteiger partial charge in [0.2, 0.25) is 0 Å². The lowest BCUT2D eigenvalue weighted by molar-refractivity contribution is 0.300. The summed E-state index contributed by atoms with van der Waals surface area (Å²) >= 11 is 1.82. The van der Waals surface area contributed by atoms with Crippen LogP contribution in [0.4, 0.5) is 0 Å². The highest BCUT2D eigenvalue weighted by atomic mass is 32.2. The number of rotatable bonds is 7. The molecule has 0 saturated heterocycles. The van der Waals surface area contributed by atoms with Crippen LogP contribution in [0.25, 0.3) is 10.8 Å². The van der Waals surface area contributed by atoms with Crippen molar-refractivity contribution in [1.82, 2.24) is 5.32 Å². The largest absolute Gasteiger partial charge is 0.395 e. The van der Waals surface area contributed by atoms with Gasteiger partial charge in [-0.05, 0) is 22.9 Å². The Kier molecular flexibility index (Phi) is 5.89. The van der Waals surface area contributed by atoms with Crippen LogP contribution in [0.2, 0.25) is 0 Å². The Hall–Kier alpha value is -1.03. The molecule has 0 amide bonds. The Bertz CT molecular complexity index is 538. The zero-order valence-electron chi connectivity index (χ0n) is 12.2. The van der Waals surface area contributed by atoms with E-state index in [1.807, 2.05) is 11.8 Å². The molecule has 2 aromatic rings. The molecule has 2 atom stereocenters. The predicted octanol–water partition coefficient (Wildman–Crippen LogP) is 3.60. The average Bonchev–Trinajstić information content (AvgIpc) is 2.50. The topological polar surface area (TPSA) is 32.3 Å². The monoisotopic (exact) mass is 289 g/mol. The fourth-order valence-corrected chi connectivity index (χ4v) is 3.30. The number of benzene rings is 2. The summed E-state index contributed by atoms with van der Waals surface area (Å²) in [6.07, 6.45) is 0. The quantitative estimate of drug-likeness (QED) is 0.817. The van der Waals surface area contributed by atoms with Gasteiger partial charge in [-0.1, -0.05) is 56.3 Å². The van der Waals surface area contributed by atoms with Crippen LogP contribution >= 0.6 is 11.8 Å². The van der Waals surface area contributed by atoms with E-state index >= 15 is 0 Å². The molecule has 0 aliphatic rings. The molecule has 0 fully saturated rings. The van der Waals surface area contributed by atoms with Gasteiger partial charge in [-0.15, -0.1) is 0 Å². The van der Waals surface area contributed by atoms with E-state index in [4.69, 9.17) is 0 Å². The molecule has 20 heavy (non-hydrogen) atoms. The maximum Gasteiger partial charge on any atom is 0.0547 e. The van der Waals surface area contributed by atoms with Gasteiger partial charge in [0, 0.05) is 17.0 Å². The molecule has 0 aliphatic heterocycles. The van der Waals surface area contributed by atoms with Crippen molar-refractivity contribution < 1.29 is 5.11 Å². The first kappa shape index (κ1) is 15.4. The second-order valence-electron chi connectivity index (χ2n) is 5.01. The Labute approximate surface area is 125 Å². The number of aliphatic hydroxyl groups is 1. The van der Waals surface area contributed by atoms with E-state index < -0.39 is 0 Å². The van der Waals surface area contributed by atoms with Crippen molar-refractivity contribution in [2.75, 3.05) is 18.9 Å². The van der Waals surface area contributed by atoms with E-state index in [1.54, 1.807) is 0 Å². The van der Waals surface area contributed by atoms with Crippen LogP contribution in [0.5, 0.6) is 0 Å². The third-order valence-corrected chi connectivity index (χ3v) is 4.70. The fraction of sp³-hybridized carbons (Fsp3) is 0.412. The Morgan fingerprint density at radius 1 is 1.15 bits per heavy atom. The number of nitrogens with one attached hydrogen (secondary N) is 1. The van der Waals surface area contributed by atoms with Gasteiger partial charge in [-0.3, -0.25) is 0 Å². The van der Waals surface area contributed by atoms with Gasteiger partial charge in [0.25, 0.3) is 0 Å². The van der Waals surface area contributed by atoms with Gasteiger partial charge in [-0.25, -0.2) is 0 Å². The Morgan fingerprint density at radius 2 is 1.90 bits per heavy atom. The van der Waals surface area contributed by atoms with Crippen molar-refractivity contribution in [3.05, 3.63) is 48.0 Å². The predicted molar refractivity (Wildman–Crippen MR) is 89.4 cm³/mol. The first-order valence-corrected chi connectivity index (χ1v) is 8.24. The van der Waals surface area contributed by atoms with E-state index in [0.717, 1.165) is 12.3 Å². The van der Waals surface area contributed by atoms with Crippen LogP contribution in [0, 0.1) is 0 Å². The standard InChI is InChI=1S/C17H23NOS/c1-3-18-17(12-20-13(2)11-19)16-10-6-8-14-7-4-5-9-15(14)16/h4-10,13,17-19H,3,11-12H2,1-2H3. The van der Waals surface area contributed by atoms with Gasteiger partial charge in [0.1, 0.15) is 0 Å². The van der Waals surface area contributed by atoms with Crippen molar-refractivity contribution in [2.45, 2.75) is 25.1 Å². The second-order valence-corrected chi connectivity index (χ2v) is 6.48. The van der Waals surface area contributed by atoms with Gasteiger partial charge in [0.15, 0.2) is 0 Å². The second kappa shape index (κ2) is 7.67. The maximum atomic E-state index is 9.18. The third-order valence-electron chi connectivity index (χ3n) is 3.45. The summed E-state index contributed by atoms with van der Waals surface area (Å²) < 4.78 is 0. The summed E-state index contributed by atoms with van der Waals surface area (Å²) in [5.41, 5.74) is 1.35. The van der Waals surface area contributed by atoms with E-state index in [1.165, 1.54) is 16.3 Å². The zero-order chi connectivity index (χ0) is 14.4. The van der Waals surface area contributed by atoms with Crippen molar-refractivity contribution in [3.63, 3.8) is 0 Å². The highest BCUT2D eigenvalue weighted by Crippen LogP contribution is 2.27. The summed E-state index contributed by atoms with van der Waals surface area (Å²) in [6.45, 7) is 5.38. The number of hydrogen-bond acceptors (Lipinski definition) is 3. The molecule has 2 N–H and O–H groups in total. The molecule has 2 rings (SSSR count). The SMILES string of the molecule is CCNC(CSC(C)CO)c1cccc2ccccc12. The average molecular weight is 289 g/mol. The summed E-state index contributed by atoms with van der Waals surface area (Å²) in [5, 5.41) is 15.6. The first-order valence-electron chi connectivity index (χ1n) is 7.19. The molecule has 0 aromatic heterocycles. The molecule has 3 heteroatoms. The van der Waals surface area contributed by atoms with Crippen LogP contribution in [-0.4, -0.2) is 29.3 Å². The molecule has 0 bridgehead atoms. The lowest BCUT2D eigenvalue weighted by atomic mass is 9.99. The van der Waals surface area contributed by atoms with Crippen molar-refractivity contribution in [1.29, 1.82) is 0 Å². The molecule has 0 aliphatic carbocycles. The van der Waals surface area contributed by atoms with Crippen LogP contribution < -0.4 is 5.32 Å². The van der Waals surface area contributed by atoms with E-state index in [-0.39, 0.29) is 11.9 Å². The molecule has 0 heterocycles. The van der Waals surface area contributed by atoms with Gasteiger partial charge >= 0.3 is 0 Å². The lowest BCUT2D eigenvalue weighted by Crippen LogP contribution is -2.24. The van der Waals surface area contributed by atoms with Crippen LogP contribution in [-0.2, 0) is 0 Å². The summed E-state index contributed by atoms with van der Waals surface area (Å²) in [7, 11) is 0. The number of aliphatic hydroxyl groups excluding tert-OH is 1. The molecule has 2 aromatic carbocycles. The number of hydrogen-bond donors (Lipinski definition) is 2. The maximum absolute atomic E-state index is 9.18. The van der Waals surface area contributed by atoms with Crippen molar-refractivity contribution in [3.8, 4) is 0 Å². The van der Waals surface area contributed by atoms with Crippen molar-refractivity contribution in [2.24, 2.45) is 0 Å². The lowest BCUT2D eigenvalue weighted by Gasteiger charge is -2.21. The highest BCUT2D eigenvalue weighted by molar-refractivity contribution is 7.99. The minimum absolute atomic E-state index is 0.235. The molecular formula is C17H23NOS. The smallest absolute Gasteiger partial charge is 0.0547 e. The Morgan fingerprint density at radius 3 is 2.65 bits per heavy atom. The van der Waals surface area contributed by atoms with Crippen LogP contribution in [0.15, 0.2) is 42.5 Å². The minimum atomic E-state index is 0.235. The summed E-state index contributed by atoms with van der Waals surface area (Å²) in [6, 6.07) is 15.3. The third kappa shape index (κ3) is 3.75. The van der Waals surface area contributed by atoms with Crippen LogP contribution in [0.3, 0.4) is 0 Å². The molecule has 0 spiro atoms. The molecule has 0 saturated carbocycles. The van der Waals surface area contributed by atoms with Crippen molar-refractivity contribution >= 4 is 22.5 Å². The van der Waals surface area contributed by atoms with E-state index in [9.17, 15) is 5.11 Å².